The highest BCUT2D eigenvalue weighted by atomic mass is 32.2. The predicted octanol–water partition coefficient (Wildman–Crippen LogP) is 16.8. The Kier molecular flexibility index (Phi) is 13.5. The van der Waals surface area contributed by atoms with Crippen molar-refractivity contribution in [3.05, 3.63) is 183 Å². The minimum absolute atomic E-state index is 0.0243. The number of thiazole rings is 1. The molecule has 8 nitrogen and oxygen atoms in total. The number of carbonyl (C=O) groups is 2. The number of carbonyl (C=O) groups excluding carboxylic acids is 2. The number of fused-ring (bicyclic) bond motifs is 12. The maximum atomic E-state index is 13.4. The van der Waals surface area contributed by atoms with Gasteiger partial charge < -0.3 is 24.3 Å². The van der Waals surface area contributed by atoms with Gasteiger partial charge in [-0.15, -0.1) is 11.3 Å². The second-order valence-corrected chi connectivity index (χ2v) is 25.0. The minimum Gasteiger partial charge on any atom is -0.492 e. The van der Waals surface area contributed by atoms with Crippen molar-refractivity contribution in [3.8, 4) is 44.9 Å². The molecule has 14 heteroatoms. The molecule has 0 bridgehead atoms. The van der Waals surface area contributed by atoms with Gasteiger partial charge in [0.05, 0.1) is 22.2 Å². The third-order valence-electron chi connectivity index (χ3n) is 13.5. The zero-order chi connectivity index (χ0) is 51.2. The third-order valence-corrected chi connectivity index (χ3v) is 21.2. The molecular formula is C62H44N2O6S6. The second kappa shape index (κ2) is 21.0. The smallest absolute Gasteiger partial charge is 0.407 e. The summed E-state index contributed by atoms with van der Waals surface area (Å²) in [7, 11) is 0. The molecule has 0 aliphatic carbocycles. The van der Waals surface area contributed by atoms with Crippen molar-refractivity contribution in [2.75, 3.05) is 38.7 Å². The van der Waals surface area contributed by atoms with Crippen LogP contribution in [0.3, 0.4) is 0 Å². The Hall–Kier alpha value is -6.78. The monoisotopic (exact) mass is 1100 g/mol. The number of nitrogens with zero attached hydrogens (tertiary/aromatic N) is 1. The standard InChI is InChI=1S/C62H44N2O6S6/c1-2-55(65)67-30-29-63-60(66)70-35-62(36-71-61-64-45-13-3-4-14-48(45)76-61)33-68-46-27-23-37-31-39(43-11-9-19-53-58(43)74-51-17-7-5-15-49(51)72-53)21-25-41(37)56(46)57-42-26-22-40(32-38(42)24-28-47(57)69-34-62)44-12-10-20-54-59(44)75-52-18-8-6-16-50(52)73-54/h2-28,31-32H,1,29-30,33-36H2,(H,63,66). The molecule has 1 N–H and O–H groups in total. The van der Waals surface area contributed by atoms with E-state index >= 15 is 0 Å². The molecule has 374 valence electrons. The van der Waals surface area contributed by atoms with Crippen molar-refractivity contribution in [1.82, 2.24) is 10.3 Å². The zero-order valence-corrected chi connectivity index (χ0v) is 45.4. The number of benzene rings is 9. The molecule has 0 radical (unpaired) electrons. The molecule has 13 rings (SSSR count). The van der Waals surface area contributed by atoms with Crippen LogP contribution in [0, 0.1) is 5.41 Å². The first kappa shape index (κ1) is 48.8. The second-order valence-electron chi connectivity index (χ2n) is 18.5. The van der Waals surface area contributed by atoms with E-state index in [9.17, 15) is 9.59 Å². The zero-order valence-electron chi connectivity index (χ0n) is 40.5. The van der Waals surface area contributed by atoms with Crippen LogP contribution in [0.5, 0.6) is 11.5 Å². The molecule has 4 heterocycles. The fraction of sp³-hybridized carbons (Fsp3) is 0.113. The molecule has 3 aliphatic heterocycles. The first-order valence-corrected chi connectivity index (χ1v) is 29.7. The van der Waals surface area contributed by atoms with Gasteiger partial charge in [0.2, 0.25) is 0 Å². The third kappa shape index (κ3) is 9.60. The van der Waals surface area contributed by atoms with Crippen molar-refractivity contribution in [2.45, 2.75) is 43.5 Å². The van der Waals surface area contributed by atoms with Gasteiger partial charge in [-0.25, -0.2) is 14.6 Å². The van der Waals surface area contributed by atoms with E-state index < -0.39 is 17.5 Å². The maximum Gasteiger partial charge on any atom is 0.407 e. The molecule has 0 fully saturated rings. The molecule has 0 spiro atoms. The average molecular weight is 1110 g/mol. The summed E-state index contributed by atoms with van der Waals surface area (Å²) in [5.74, 6) is 1.27. The number of para-hydroxylation sites is 1. The Morgan fingerprint density at radius 3 is 1.72 bits per heavy atom. The van der Waals surface area contributed by atoms with Crippen LogP contribution < -0.4 is 14.8 Å². The van der Waals surface area contributed by atoms with Crippen LogP contribution in [0.2, 0.25) is 0 Å². The lowest BCUT2D eigenvalue weighted by atomic mass is 9.90. The topological polar surface area (TPSA) is 96.0 Å². The Morgan fingerprint density at radius 1 is 0.618 bits per heavy atom. The molecule has 76 heavy (non-hydrogen) atoms. The van der Waals surface area contributed by atoms with E-state index in [1.807, 2.05) is 65.2 Å². The lowest BCUT2D eigenvalue weighted by molar-refractivity contribution is -0.137. The number of hydrogen-bond donors (Lipinski definition) is 1. The van der Waals surface area contributed by atoms with Crippen LogP contribution in [0.4, 0.5) is 4.79 Å². The molecule has 0 atom stereocenters. The lowest BCUT2D eigenvalue weighted by Crippen LogP contribution is -2.43. The van der Waals surface area contributed by atoms with Crippen molar-refractivity contribution < 1.29 is 28.5 Å². The summed E-state index contributed by atoms with van der Waals surface area (Å²) in [6.45, 7) is 3.77. The van der Waals surface area contributed by atoms with Gasteiger partial charge in [-0.05, 0) is 117 Å². The van der Waals surface area contributed by atoms with Crippen molar-refractivity contribution in [2.24, 2.45) is 5.41 Å². The van der Waals surface area contributed by atoms with Crippen LogP contribution in [-0.4, -0.2) is 55.8 Å². The number of aromatic nitrogens is 1. The van der Waals surface area contributed by atoms with E-state index in [0.29, 0.717) is 17.3 Å². The van der Waals surface area contributed by atoms with Gasteiger partial charge in [0.1, 0.15) is 37.9 Å². The Balaban J connectivity index is 0.916. The van der Waals surface area contributed by atoms with Gasteiger partial charge in [-0.1, -0.05) is 162 Å². The highest BCUT2D eigenvalue weighted by Gasteiger charge is 2.38. The molecule has 0 saturated carbocycles. The van der Waals surface area contributed by atoms with E-state index in [1.54, 1.807) is 23.1 Å². The number of esters is 1. The summed E-state index contributed by atoms with van der Waals surface area (Å²) in [6.07, 6.45) is 0.437. The van der Waals surface area contributed by atoms with Crippen LogP contribution in [0.25, 0.3) is 65.1 Å². The molecule has 1 aromatic heterocycles. The molecule has 10 aromatic rings. The molecule has 1 amide bonds. The van der Waals surface area contributed by atoms with Gasteiger partial charge in [0.25, 0.3) is 0 Å². The van der Waals surface area contributed by atoms with Crippen LogP contribution in [0.1, 0.15) is 0 Å². The van der Waals surface area contributed by atoms with Crippen LogP contribution >= 0.6 is 70.1 Å². The summed E-state index contributed by atoms with van der Waals surface area (Å²) in [6, 6.07) is 60.5. The summed E-state index contributed by atoms with van der Waals surface area (Å²) in [5, 5.41) is 6.89. The molecule has 0 saturated heterocycles. The maximum absolute atomic E-state index is 13.4. The average Bonchev–Trinajstić information content (AvgIpc) is 3.93. The van der Waals surface area contributed by atoms with E-state index in [0.717, 1.165) is 64.4 Å². The van der Waals surface area contributed by atoms with E-state index in [1.165, 1.54) is 50.3 Å². The van der Waals surface area contributed by atoms with Crippen LogP contribution in [-0.2, 0) is 14.3 Å². The number of alkyl carbamates (subject to hydrolysis) is 1. The quantitative estimate of drug-likeness (QED) is 0.0578. The Bertz CT molecular complexity index is 3750. The normalized spacial score (nSPS) is 13.9. The largest absolute Gasteiger partial charge is 0.492 e. The number of amides is 1. The molecule has 3 aliphatic rings. The minimum atomic E-state index is -0.868. The number of nitrogens with one attached hydrogen (secondary N) is 1. The van der Waals surface area contributed by atoms with Gasteiger partial charge in [0, 0.05) is 62.1 Å². The molecule has 9 aromatic carbocycles. The first-order valence-electron chi connectivity index (χ1n) is 24.6. The first-order chi connectivity index (χ1) is 37.3. The Morgan fingerprint density at radius 2 is 1.16 bits per heavy atom. The Labute approximate surface area is 464 Å². The number of ether oxygens (including phenoxy) is 4. The van der Waals surface area contributed by atoms with Gasteiger partial charge >= 0.3 is 12.1 Å². The van der Waals surface area contributed by atoms with Crippen molar-refractivity contribution in [3.63, 3.8) is 0 Å². The highest BCUT2D eigenvalue weighted by molar-refractivity contribution is 8.05. The summed E-state index contributed by atoms with van der Waals surface area (Å²) in [4.78, 5) is 40.1. The van der Waals surface area contributed by atoms with Gasteiger partial charge in [0.15, 0.2) is 4.34 Å². The van der Waals surface area contributed by atoms with E-state index in [2.05, 4.69) is 164 Å². The number of thioether (sulfide) groups is 1. The summed E-state index contributed by atoms with van der Waals surface area (Å²) >= 11 is 10.5. The summed E-state index contributed by atoms with van der Waals surface area (Å²) < 4.78 is 27.4. The SMILES string of the molecule is C=CC(=O)OCCNC(=O)OCC1(CSc2nc3ccccc3s2)COc2ccc3cc(-c4cccc5c4Sc4ccccc4S5)ccc3c2-c2c(ccc3cc(-c4cccc5c4Sc4ccccc4S5)ccc23)OC1. The van der Waals surface area contributed by atoms with Crippen LogP contribution in [0.15, 0.2) is 226 Å². The highest BCUT2D eigenvalue weighted by Crippen LogP contribution is 2.55. The number of rotatable bonds is 11. The fourth-order valence-electron chi connectivity index (χ4n) is 9.74. The predicted molar refractivity (Wildman–Crippen MR) is 311 cm³/mol. The van der Waals surface area contributed by atoms with Gasteiger partial charge in [-0.2, -0.15) is 0 Å². The number of hydrogen-bond acceptors (Lipinski definition) is 13. The van der Waals surface area contributed by atoms with Crippen molar-refractivity contribution >= 4 is 114 Å². The molecular weight excluding hydrogens is 1060 g/mol. The molecule has 0 unspecified atom stereocenters. The van der Waals surface area contributed by atoms with Crippen molar-refractivity contribution in [1.29, 1.82) is 0 Å². The van der Waals surface area contributed by atoms with E-state index in [-0.39, 0.29) is 33.0 Å². The fourth-order valence-corrected chi connectivity index (χ4v) is 16.8. The van der Waals surface area contributed by atoms with Gasteiger partial charge in [-0.3, -0.25) is 0 Å². The lowest BCUT2D eigenvalue weighted by Gasteiger charge is -2.32. The summed E-state index contributed by atoms with van der Waals surface area (Å²) in [5.41, 5.74) is 6.55. The van der Waals surface area contributed by atoms with E-state index in [4.69, 9.17) is 23.9 Å².